The first-order valence-electron chi connectivity index (χ1n) is 12.5. The van der Waals surface area contributed by atoms with Crippen LogP contribution in [0.5, 0.6) is 0 Å². The van der Waals surface area contributed by atoms with Gasteiger partial charge in [0.1, 0.15) is 0 Å². The van der Waals surface area contributed by atoms with E-state index in [1.807, 2.05) is 38.2 Å². The first kappa shape index (κ1) is 26.2. The molecule has 0 bridgehead atoms. The lowest BCUT2D eigenvalue weighted by Crippen LogP contribution is -2.59. The minimum atomic E-state index is -0.168. The van der Waals surface area contributed by atoms with Crippen LogP contribution in [0.2, 0.25) is 0 Å². The van der Waals surface area contributed by atoms with Gasteiger partial charge in [0.05, 0.1) is 30.7 Å². The van der Waals surface area contributed by atoms with Crippen molar-refractivity contribution in [3.63, 3.8) is 0 Å². The highest BCUT2D eigenvalue weighted by Gasteiger charge is 2.37. The summed E-state index contributed by atoms with van der Waals surface area (Å²) < 4.78 is 0. The van der Waals surface area contributed by atoms with Crippen molar-refractivity contribution in [2.24, 2.45) is 0 Å². The van der Waals surface area contributed by atoms with Crippen LogP contribution in [0.3, 0.4) is 0 Å². The first-order chi connectivity index (χ1) is 17.0. The van der Waals surface area contributed by atoms with Crippen molar-refractivity contribution in [1.29, 1.82) is 0 Å². The van der Waals surface area contributed by atoms with Gasteiger partial charge in [-0.2, -0.15) is 0 Å². The molecule has 0 saturated carbocycles. The number of hydrogen-bond donors (Lipinski definition) is 7. The molecule has 3 heterocycles. The Hall–Kier alpha value is -1.92. The molecule has 0 aromatic heterocycles. The number of likely N-dealkylation sites (N-methyl/N-ethyl adjacent to an activating group) is 1. The van der Waals surface area contributed by atoms with Gasteiger partial charge in [0, 0.05) is 55.7 Å². The van der Waals surface area contributed by atoms with E-state index in [-0.39, 0.29) is 30.9 Å². The van der Waals surface area contributed by atoms with E-state index in [1.165, 1.54) is 0 Å². The molecule has 0 radical (unpaired) electrons. The van der Waals surface area contributed by atoms with E-state index in [0.717, 1.165) is 55.4 Å². The maximum Gasteiger partial charge on any atom is 0.251 e. The van der Waals surface area contributed by atoms with E-state index in [4.69, 9.17) is 11.6 Å². The molecule has 11 heteroatoms. The number of allylic oxidation sites excluding steroid dienone is 1. The number of carbonyl (C=O) groups is 1. The van der Waals surface area contributed by atoms with E-state index < -0.39 is 0 Å². The number of benzene rings is 1. The molecule has 7 N–H and O–H groups in total. The zero-order chi connectivity index (χ0) is 24.8. The predicted molar refractivity (Wildman–Crippen MR) is 139 cm³/mol. The van der Waals surface area contributed by atoms with Crippen LogP contribution in [0.4, 0.5) is 5.69 Å². The number of aliphatic hydroxyl groups is 1. The molecule has 2 fully saturated rings. The summed E-state index contributed by atoms with van der Waals surface area (Å²) in [6, 6.07) is 7.65. The quantitative estimate of drug-likeness (QED) is 0.255. The standard InChI is InChI=1S/C24H39ClN8O2/c1-16(22-19(25)7-4-10-32(22)2)29-24(35)17-5-3-6-18(13-17)27-14-21-30-31-23(33(21)11-12-34)20-8-9-26-15-28-20/h3,5-6,13,16,20-21,23,26-28,30-31,34H,4,7-12,14-15H2,1-2H3,(H,29,35)/t16-,20?,21?,23?/m0/s1. The van der Waals surface area contributed by atoms with Crippen molar-refractivity contribution in [3.8, 4) is 0 Å². The Morgan fingerprint density at radius 2 is 2.20 bits per heavy atom. The second-order valence-electron chi connectivity index (χ2n) is 9.46. The van der Waals surface area contributed by atoms with Crippen LogP contribution in [0.1, 0.15) is 36.5 Å². The third-order valence-corrected chi connectivity index (χ3v) is 7.36. The molecule has 0 spiro atoms. The zero-order valence-corrected chi connectivity index (χ0v) is 21.4. The van der Waals surface area contributed by atoms with Crippen molar-refractivity contribution in [3.05, 3.63) is 40.6 Å². The molecule has 1 amide bonds. The lowest BCUT2D eigenvalue weighted by Gasteiger charge is -2.35. The summed E-state index contributed by atoms with van der Waals surface area (Å²) in [4.78, 5) is 17.4. The van der Waals surface area contributed by atoms with Gasteiger partial charge in [0.25, 0.3) is 5.91 Å². The van der Waals surface area contributed by atoms with Gasteiger partial charge in [-0.25, -0.2) is 10.9 Å². The average Bonchev–Trinajstić information content (AvgIpc) is 3.26. The van der Waals surface area contributed by atoms with Gasteiger partial charge in [0.15, 0.2) is 0 Å². The van der Waals surface area contributed by atoms with Crippen LogP contribution in [0, 0.1) is 0 Å². The topological polar surface area (TPSA) is 116 Å². The molecule has 4 rings (SSSR count). The van der Waals surface area contributed by atoms with E-state index >= 15 is 0 Å². The highest BCUT2D eigenvalue weighted by atomic mass is 35.5. The minimum Gasteiger partial charge on any atom is -0.395 e. The Balaban J connectivity index is 1.35. The second kappa shape index (κ2) is 12.4. The van der Waals surface area contributed by atoms with Gasteiger partial charge in [-0.05, 0) is 50.9 Å². The minimum absolute atomic E-state index is 0.00254. The number of hydrazine groups is 1. The summed E-state index contributed by atoms with van der Waals surface area (Å²) in [6.07, 6.45) is 2.98. The van der Waals surface area contributed by atoms with E-state index in [1.54, 1.807) is 0 Å². The largest absolute Gasteiger partial charge is 0.395 e. The fraction of sp³-hybridized carbons (Fsp3) is 0.625. The lowest BCUT2D eigenvalue weighted by atomic mass is 10.1. The molecule has 194 valence electrons. The summed E-state index contributed by atoms with van der Waals surface area (Å²) in [5.41, 5.74) is 9.20. The summed E-state index contributed by atoms with van der Waals surface area (Å²) in [7, 11) is 2.02. The molecule has 3 aliphatic rings. The fourth-order valence-corrected chi connectivity index (χ4v) is 5.64. The Morgan fingerprint density at radius 3 is 2.94 bits per heavy atom. The van der Waals surface area contributed by atoms with Crippen LogP contribution in [-0.4, -0.2) is 91.7 Å². The number of nitrogens with one attached hydrogen (secondary N) is 6. The monoisotopic (exact) mass is 506 g/mol. The van der Waals surface area contributed by atoms with Crippen LogP contribution in [0.15, 0.2) is 35.0 Å². The maximum atomic E-state index is 13.0. The number of anilines is 1. The summed E-state index contributed by atoms with van der Waals surface area (Å²) in [6.45, 7) is 5.94. The van der Waals surface area contributed by atoms with Gasteiger partial charge in [0.2, 0.25) is 0 Å². The molecular weight excluding hydrogens is 468 g/mol. The average molecular weight is 507 g/mol. The van der Waals surface area contributed by atoms with Crippen LogP contribution >= 0.6 is 11.6 Å². The van der Waals surface area contributed by atoms with Gasteiger partial charge in [-0.3, -0.25) is 15.0 Å². The number of nitrogens with zero attached hydrogens (tertiary/aromatic N) is 2. The Labute approximate surface area is 212 Å². The molecular formula is C24H39ClN8O2. The number of amides is 1. The van der Waals surface area contributed by atoms with Crippen LogP contribution < -0.4 is 32.1 Å². The number of carbonyl (C=O) groups excluding carboxylic acids is 1. The van der Waals surface area contributed by atoms with Crippen molar-refractivity contribution >= 4 is 23.2 Å². The van der Waals surface area contributed by atoms with Crippen molar-refractivity contribution in [2.75, 3.05) is 51.8 Å². The van der Waals surface area contributed by atoms with E-state index in [9.17, 15) is 9.90 Å². The summed E-state index contributed by atoms with van der Waals surface area (Å²) in [5, 5.41) is 23.8. The molecule has 2 saturated heterocycles. The zero-order valence-electron chi connectivity index (χ0n) is 20.6. The van der Waals surface area contributed by atoms with Crippen LogP contribution in [0.25, 0.3) is 0 Å². The second-order valence-corrected chi connectivity index (χ2v) is 9.92. The van der Waals surface area contributed by atoms with Gasteiger partial charge in [-0.1, -0.05) is 17.7 Å². The highest BCUT2D eigenvalue weighted by molar-refractivity contribution is 6.30. The Kier molecular flexibility index (Phi) is 9.23. The molecule has 1 aromatic rings. The van der Waals surface area contributed by atoms with Gasteiger partial charge >= 0.3 is 0 Å². The molecule has 10 nitrogen and oxygen atoms in total. The van der Waals surface area contributed by atoms with Crippen LogP contribution in [-0.2, 0) is 0 Å². The first-order valence-corrected chi connectivity index (χ1v) is 12.9. The normalized spacial score (nSPS) is 26.6. The molecule has 4 atom stereocenters. The molecule has 3 aliphatic heterocycles. The van der Waals surface area contributed by atoms with E-state index in [2.05, 4.69) is 41.9 Å². The third-order valence-electron chi connectivity index (χ3n) is 6.98. The smallest absolute Gasteiger partial charge is 0.251 e. The number of hydrogen-bond acceptors (Lipinski definition) is 9. The predicted octanol–water partition coefficient (Wildman–Crippen LogP) is 0.356. The molecule has 3 unspecified atom stereocenters. The van der Waals surface area contributed by atoms with Gasteiger partial charge < -0.3 is 26.0 Å². The number of aliphatic hydroxyl groups excluding tert-OH is 1. The Bertz CT molecular complexity index is 894. The van der Waals surface area contributed by atoms with Gasteiger partial charge in [-0.15, -0.1) is 0 Å². The lowest BCUT2D eigenvalue weighted by molar-refractivity contribution is 0.0940. The number of β-amino-alcohol motifs (C(OH)–C–C–N with tert-alkyl or cyclic N) is 1. The third kappa shape index (κ3) is 6.45. The van der Waals surface area contributed by atoms with Crippen molar-refractivity contribution in [1.82, 2.24) is 36.6 Å². The molecule has 35 heavy (non-hydrogen) atoms. The molecule has 1 aromatic carbocycles. The molecule has 0 aliphatic carbocycles. The highest BCUT2D eigenvalue weighted by Crippen LogP contribution is 2.26. The number of halogens is 1. The maximum absolute atomic E-state index is 13.0. The fourth-order valence-electron chi connectivity index (χ4n) is 5.20. The van der Waals surface area contributed by atoms with Crippen molar-refractivity contribution < 1.29 is 9.90 Å². The number of rotatable bonds is 9. The SMILES string of the molecule is C[C@H](NC(=O)c1cccc(NCC2NNC(C3CCNCN3)N2CCO)c1)C1=C(Cl)CCCN1C. The van der Waals surface area contributed by atoms with Crippen molar-refractivity contribution in [2.45, 2.75) is 50.6 Å². The summed E-state index contributed by atoms with van der Waals surface area (Å²) in [5.74, 6) is -0.128. The van der Waals surface area contributed by atoms with E-state index in [0.29, 0.717) is 24.7 Å². The Morgan fingerprint density at radius 1 is 1.34 bits per heavy atom. The summed E-state index contributed by atoms with van der Waals surface area (Å²) >= 11 is 6.46.